The molecule has 0 aliphatic rings. The first kappa shape index (κ1) is 32.6. The molecule has 2 amide bonds. The Labute approximate surface area is 264 Å². The first-order valence-electron chi connectivity index (χ1n) is 14.2. The van der Waals surface area contributed by atoms with Crippen LogP contribution in [0.4, 0.5) is 5.69 Å². The molecule has 0 spiro atoms. The molecule has 44 heavy (non-hydrogen) atoms. The minimum absolute atomic E-state index is 0.00220. The Morgan fingerprint density at radius 3 is 2.16 bits per heavy atom. The van der Waals surface area contributed by atoms with Gasteiger partial charge in [-0.3, -0.25) is 13.9 Å². The minimum Gasteiger partial charge on any atom is -0.497 e. The van der Waals surface area contributed by atoms with E-state index in [0.29, 0.717) is 28.6 Å². The van der Waals surface area contributed by atoms with Gasteiger partial charge in [-0.25, -0.2) is 8.42 Å². The monoisotopic (exact) mass is 633 g/mol. The molecule has 8 nitrogen and oxygen atoms in total. The molecule has 0 fully saturated rings. The van der Waals surface area contributed by atoms with E-state index in [1.165, 1.54) is 24.1 Å². The smallest absolute Gasteiger partial charge is 0.264 e. The zero-order valence-corrected chi connectivity index (χ0v) is 26.5. The van der Waals surface area contributed by atoms with Crippen molar-refractivity contribution in [2.24, 2.45) is 0 Å². The summed E-state index contributed by atoms with van der Waals surface area (Å²) < 4.78 is 34.5. The number of rotatable bonds is 13. The Balaban J connectivity index is 1.79. The predicted octanol–water partition coefficient (Wildman–Crippen LogP) is 5.63. The van der Waals surface area contributed by atoms with E-state index in [4.69, 9.17) is 16.3 Å². The highest BCUT2D eigenvalue weighted by Gasteiger charge is 2.34. The molecule has 10 heteroatoms. The molecule has 4 rings (SSSR count). The topological polar surface area (TPSA) is 96.0 Å². The van der Waals surface area contributed by atoms with Crippen molar-refractivity contribution in [1.82, 2.24) is 10.2 Å². The molecule has 0 aliphatic carbocycles. The fraction of sp³-hybridized carbons (Fsp3) is 0.235. The maximum Gasteiger partial charge on any atom is 0.264 e. The van der Waals surface area contributed by atoms with Crippen LogP contribution in [-0.2, 0) is 32.6 Å². The number of hydrogen-bond acceptors (Lipinski definition) is 5. The van der Waals surface area contributed by atoms with Crippen molar-refractivity contribution in [3.8, 4) is 5.75 Å². The molecule has 0 aliphatic heterocycles. The molecule has 1 N–H and O–H groups in total. The van der Waals surface area contributed by atoms with Crippen LogP contribution in [0.15, 0.2) is 108 Å². The van der Waals surface area contributed by atoms with Crippen molar-refractivity contribution < 1.29 is 22.7 Å². The maximum atomic E-state index is 14.4. The number of hydrogen-bond donors (Lipinski definition) is 1. The highest BCUT2D eigenvalue weighted by atomic mass is 35.5. The number of benzene rings is 4. The Hall–Kier alpha value is -4.34. The van der Waals surface area contributed by atoms with Crippen molar-refractivity contribution in [2.75, 3.05) is 24.5 Å². The van der Waals surface area contributed by atoms with Crippen LogP contribution in [0.3, 0.4) is 0 Å². The third-order valence-corrected chi connectivity index (χ3v) is 9.14. The normalized spacial score (nSPS) is 11.8. The fourth-order valence-electron chi connectivity index (χ4n) is 4.79. The van der Waals surface area contributed by atoms with Crippen molar-refractivity contribution >= 4 is 39.1 Å². The van der Waals surface area contributed by atoms with Gasteiger partial charge in [0.1, 0.15) is 18.3 Å². The molecule has 0 radical (unpaired) electrons. The summed E-state index contributed by atoms with van der Waals surface area (Å²) in [5, 5.41) is 3.34. The highest BCUT2D eigenvalue weighted by Crippen LogP contribution is 2.27. The quantitative estimate of drug-likeness (QED) is 0.206. The first-order valence-corrected chi connectivity index (χ1v) is 16.0. The van der Waals surface area contributed by atoms with E-state index in [1.54, 1.807) is 61.5 Å². The number of ether oxygens (including phenoxy) is 1. The highest BCUT2D eigenvalue weighted by molar-refractivity contribution is 7.92. The van der Waals surface area contributed by atoms with Gasteiger partial charge in [0, 0.05) is 24.5 Å². The number of methoxy groups -OCH3 is 1. The average molecular weight is 634 g/mol. The lowest BCUT2D eigenvalue weighted by Crippen LogP contribution is -2.53. The minimum atomic E-state index is -4.21. The second-order valence-corrected chi connectivity index (χ2v) is 12.6. The Kier molecular flexibility index (Phi) is 11.0. The number of nitrogens with zero attached hydrogens (tertiary/aromatic N) is 2. The van der Waals surface area contributed by atoms with Gasteiger partial charge in [-0.15, -0.1) is 0 Å². The lowest BCUT2D eigenvalue weighted by molar-refractivity contribution is -0.140. The van der Waals surface area contributed by atoms with Crippen molar-refractivity contribution in [2.45, 2.75) is 37.8 Å². The first-order chi connectivity index (χ1) is 21.1. The van der Waals surface area contributed by atoms with Crippen molar-refractivity contribution in [1.29, 1.82) is 0 Å². The summed E-state index contributed by atoms with van der Waals surface area (Å²) in [7, 11) is -2.71. The molecule has 230 valence electrons. The second kappa shape index (κ2) is 14.9. The zero-order valence-electron chi connectivity index (χ0n) is 24.9. The maximum absolute atomic E-state index is 14.4. The molecule has 0 heterocycles. The molecule has 0 saturated carbocycles. The average Bonchev–Trinajstić information content (AvgIpc) is 3.02. The summed E-state index contributed by atoms with van der Waals surface area (Å²) in [6.45, 7) is 3.57. The molecule has 1 atom stereocenters. The zero-order chi connectivity index (χ0) is 31.7. The van der Waals surface area contributed by atoms with Crippen LogP contribution in [0.2, 0.25) is 5.02 Å². The lowest BCUT2D eigenvalue weighted by atomic mass is 10.0. The summed E-state index contributed by atoms with van der Waals surface area (Å²) in [5.74, 6) is -0.387. The molecular weight excluding hydrogens is 598 g/mol. The number of nitrogens with one attached hydrogen (secondary N) is 1. The molecular formula is C34H36ClN3O5S. The van der Waals surface area contributed by atoms with Crippen LogP contribution in [0.5, 0.6) is 5.75 Å². The summed E-state index contributed by atoms with van der Waals surface area (Å²) in [4.78, 5) is 29.4. The number of carbonyl (C=O) groups excluding carboxylic acids is 2. The van der Waals surface area contributed by atoms with Gasteiger partial charge in [-0.2, -0.15) is 0 Å². The number of halogens is 1. The van der Waals surface area contributed by atoms with E-state index in [0.717, 1.165) is 15.4 Å². The van der Waals surface area contributed by atoms with E-state index in [2.05, 4.69) is 5.32 Å². The lowest BCUT2D eigenvalue weighted by Gasteiger charge is -2.34. The van der Waals surface area contributed by atoms with Gasteiger partial charge in [-0.05, 0) is 73.5 Å². The van der Waals surface area contributed by atoms with E-state index in [-0.39, 0.29) is 23.8 Å². The number of likely N-dealkylation sites (N-methyl/N-ethyl adjacent to an activating group) is 1. The van der Waals surface area contributed by atoms with Gasteiger partial charge >= 0.3 is 0 Å². The number of carbonyl (C=O) groups is 2. The van der Waals surface area contributed by atoms with Crippen LogP contribution < -0.4 is 14.4 Å². The Morgan fingerprint density at radius 2 is 1.55 bits per heavy atom. The largest absolute Gasteiger partial charge is 0.497 e. The Morgan fingerprint density at radius 1 is 0.886 bits per heavy atom. The molecule has 0 aromatic heterocycles. The molecule has 4 aromatic rings. The molecule has 0 saturated heterocycles. The standard InChI is InChI=1S/C34H36ClN3O5S/c1-4-36-34(40)32(22-26-9-6-5-7-10-26)37(23-27-11-8-12-28(35)21-27)33(39)24-38(29-15-13-25(2)14-16-29)44(41,42)31-19-17-30(43-3)18-20-31/h5-21,32H,4,22-24H2,1-3H3,(H,36,40)/t32-/m1/s1. The van der Waals surface area contributed by atoms with E-state index in [9.17, 15) is 18.0 Å². The van der Waals surface area contributed by atoms with Crippen LogP contribution in [0.25, 0.3) is 0 Å². The number of amides is 2. The van der Waals surface area contributed by atoms with Gasteiger partial charge in [0.15, 0.2) is 0 Å². The third-order valence-electron chi connectivity index (χ3n) is 7.11. The Bertz CT molecular complexity index is 1660. The summed E-state index contributed by atoms with van der Waals surface area (Å²) >= 11 is 6.28. The van der Waals surface area contributed by atoms with Crippen LogP contribution in [0, 0.1) is 6.92 Å². The second-order valence-electron chi connectivity index (χ2n) is 10.3. The van der Waals surface area contributed by atoms with Gasteiger partial charge in [0.05, 0.1) is 17.7 Å². The molecule has 0 bridgehead atoms. The van der Waals surface area contributed by atoms with Gasteiger partial charge < -0.3 is 15.0 Å². The number of anilines is 1. The van der Waals surface area contributed by atoms with Crippen molar-refractivity contribution in [3.63, 3.8) is 0 Å². The van der Waals surface area contributed by atoms with Gasteiger partial charge in [0.2, 0.25) is 11.8 Å². The van der Waals surface area contributed by atoms with E-state index in [1.807, 2.05) is 43.3 Å². The SMILES string of the molecule is CCNC(=O)[C@@H](Cc1ccccc1)N(Cc1cccc(Cl)c1)C(=O)CN(c1ccc(C)cc1)S(=O)(=O)c1ccc(OC)cc1. The van der Waals surface area contributed by atoms with Crippen LogP contribution in [0.1, 0.15) is 23.6 Å². The van der Waals surface area contributed by atoms with Crippen LogP contribution >= 0.6 is 11.6 Å². The summed E-state index contributed by atoms with van der Waals surface area (Å²) in [6.07, 6.45) is 0.231. The summed E-state index contributed by atoms with van der Waals surface area (Å²) in [6, 6.07) is 28.4. The molecule has 4 aromatic carbocycles. The number of aryl methyl sites for hydroxylation is 1. The summed E-state index contributed by atoms with van der Waals surface area (Å²) in [5.41, 5.74) is 2.81. The molecule has 0 unspecified atom stereocenters. The van der Waals surface area contributed by atoms with Gasteiger partial charge in [-0.1, -0.05) is 71.8 Å². The van der Waals surface area contributed by atoms with E-state index >= 15 is 0 Å². The fourth-order valence-corrected chi connectivity index (χ4v) is 6.42. The van der Waals surface area contributed by atoms with Gasteiger partial charge in [0.25, 0.3) is 10.0 Å². The number of sulfonamides is 1. The van der Waals surface area contributed by atoms with Crippen molar-refractivity contribution in [3.05, 3.63) is 125 Å². The third kappa shape index (κ3) is 8.18. The van der Waals surface area contributed by atoms with Crippen LogP contribution in [-0.4, -0.2) is 51.4 Å². The predicted molar refractivity (Wildman–Crippen MR) is 173 cm³/mol. The van der Waals surface area contributed by atoms with E-state index < -0.39 is 28.5 Å².